The molecule has 1 aliphatic rings. The van der Waals surface area contributed by atoms with Gasteiger partial charge >= 0.3 is 0 Å². The van der Waals surface area contributed by atoms with Crippen LogP contribution in [0.4, 0.5) is 0 Å². The van der Waals surface area contributed by atoms with Crippen LogP contribution in [0, 0.1) is 5.92 Å². The van der Waals surface area contributed by atoms with Crippen LogP contribution in [0.15, 0.2) is 34.2 Å². The summed E-state index contributed by atoms with van der Waals surface area (Å²) in [4.78, 5) is 32.3. The van der Waals surface area contributed by atoms with Crippen LogP contribution in [0.5, 0.6) is 5.75 Å². The maximum atomic E-state index is 12.5. The van der Waals surface area contributed by atoms with Gasteiger partial charge in [0.1, 0.15) is 5.75 Å². The smallest absolute Gasteiger partial charge is 0.254 e. The number of nitrogens with one attached hydrogen (secondary N) is 1. The molecule has 0 radical (unpaired) electrons. The van der Waals surface area contributed by atoms with Crippen molar-refractivity contribution < 1.29 is 9.90 Å². The van der Waals surface area contributed by atoms with Gasteiger partial charge < -0.3 is 10.1 Å². The summed E-state index contributed by atoms with van der Waals surface area (Å²) in [6, 6.07) is 6.19. The summed E-state index contributed by atoms with van der Waals surface area (Å²) in [6.45, 7) is 1.98. The number of ketones is 1. The Bertz CT molecular complexity index is 839. The molecule has 1 aliphatic carbocycles. The normalized spacial score (nSPS) is 15.0. The summed E-state index contributed by atoms with van der Waals surface area (Å²) in [7, 11) is 0. The fourth-order valence-electron chi connectivity index (χ4n) is 3.65. The van der Waals surface area contributed by atoms with Crippen LogP contribution >= 0.6 is 11.8 Å². The highest BCUT2D eigenvalue weighted by molar-refractivity contribution is 7.99. The van der Waals surface area contributed by atoms with Crippen LogP contribution in [0.1, 0.15) is 60.6 Å². The van der Waals surface area contributed by atoms with Gasteiger partial charge in [-0.25, -0.2) is 4.98 Å². The number of rotatable bonds is 7. The molecule has 0 amide bonds. The molecule has 3 rings (SSSR count). The topological polar surface area (TPSA) is 83.0 Å². The van der Waals surface area contributed by atoms with Crippen molar-refractivity contribution in [2.45, 2.75) is 57.0 Å². The minimum Gasteiger partial charge on any atom is -0.508 e. The Morgan fingerprint density at radius 3 is 2.59 bits per heavy atom. The van der Waals surface area contributed by atoms with Crippen molar-refractivity contribution >= 4 is 17.5 Å². The number of thioether (sulfide) groups is 1. The van der Waals surface area contributed by atoms with Crippen molar-refractivity contribution in [3.63, 3.8) is 0 Å². The number of H-pyrrole nitrogens is 1. The molecular weight excluding hydrogens is 360 g/mol. The number of Topliss-reactive ketones (excluding diaryl/α,β-unsaturated/α-hetero) is 1. The molecule has 0 unspecified atom stereocenters. The summed E-state index contributed by atoms with van der Waals surface area (Å²) >= 11 is 1.26. The van der Waals surface area contributed by atoms with Crippen molar-refractivity contribution in [3.05, 3.63) is 51.4 Å². The quantitative estimate of drug-likeness (QED) is 0.425. The van der Waals surface area contributed by atoms with Gasteiger partial charge in [-0.1, -0.05) is 50.8 Å². The van der Waals surface area contributed by atoms with E-state index in [4.69, 9.17) is 4.98 Å². The van der Waals surface area contributed by atoms with E-state index < -0.39 is 0 Å². The van der Waals surface area contributed by atoms with E-state index in [1.54, 1.807) is 12.1 Å². The van der Waals surface area contributed by atoms with Crippen LogP contribution in [0.3, 0.4) is 0 Å². The van der Waals surface area contributed by atoms with E-state index in [9.17, 15) is 14.7 Å². The third kappa shape index (κ3) is 5.22. The van der Waals surface area contributed by atoms with Gasteiger partial charge in [0.05, 0.1) is 11.4 Å². The largest absolute Gasteiger partial charge is 0.508 e. The average molecular weight is 387 g/mol. The second kappa shape index (κ2) is 9.22. The van der Waals surface area contributed by atoms with Crippen LogP contribution in [0.2, 0.25) is 0 Å². The molecule has 27 heavy (non-hydrogen) atoms. The number of benzene rings is 1. The molecule has 0 saturated heterocycles. The summed E-state index contributed by atoms with van der Waals surface area (Å²) in [5.74, 6) is 0.876. The molecule has 2 N–H and O–H groups in total. The van der Waals surface area contributed by atoms with Crippen molar-refractivity contribution in [1.29, 1.82) is 0 Å². The van der Waals surface area contributed by atoms with Crippen molar-refractivity contribution in [2.75, 3.05) is 5.75 Å². The van der Waals surface area contributed by atoms with Crippen molar-refractivity contribution in [1.82, 2.24) is 9.97 Å². The number of aromatic hydroxyl groups is 1. The van der Waals surface area contributed by atoms with E-state index in [1.165, 1.54) is 56.0 Å². The standard InChI is InChI=1S/C21H26N2O3S/c1-2-17-18(12-14-6-4-3-5-7-14)22-21(23-20(17)26)27-13-19(25)15-8-10-16(24)11-9-15/h8-11,14,24H,2-7,12-13H2,1H3,(H,22,23,26). The first-order valence-electron chi connectivity index (χ1n) is 9.64. The number of nitrogens with zero attached hydrogens (tertiary/aromatic N) is 1. The number of phenolic OH excluding ortho intramolecular Hbond substituents is 1. The van der Waals surface area contributed by atoms with Gasteiger partial charge in [0, 0.05) is 11.1 Å². The summed E-state index contributed by atoms with van der Waals surface area (Å²) < 4.78 is 0. The van der Waals surface area contributed by atoms with Crippen LogP contribution in [-0.4, -0.2) is 26.6 Å². The second-order valence-corrected chi connectivity index (χ2v) is 8.08. The van der Waals surface area contributed by atoms with E-state index in [-0.39, 0.29) is 22.8 Å². The van der Waals surface area contributed by atoms with E-state index in [0.29, 0.717) is 23.1 Å². The zero-order valence-corrected chi connectivity index (χ0v) is 16.5. The average Bonchev–Trinajstić information content (AvgIpc) is 2.67. The first-order valence-corrected chi connectivity index (χ1v) is 10.6. The zero-order chi connectivity index (χ0) is 19.2. The van der Waals surface area contributed by atoms with Gasteiger partial charge in [0.15, 0.2) is 10.9 Å². The number of hydrogen-bond donors (Lipinski definition) is 2. The molecule has 1 saturated carbocycles. The number of aromatic nitrogens is 2. The molecule has 1 aromatic carbocycles. The fourth-order valence-corrected chi connectivity index (χ4v) is 4.43. The summed E-state index contributed by atoms with van der Waals surface area (Å²) in [6.07, 6.45) is 7.77. The van der Waals surface area contributed by atoms with Gasteiger partial charge in [-0.2, -0.15) is 0 Å². The first-order chi connectivity index (χ1) is 13.1. The monoisotopic (exact) mass is 386 g/mol. The first kappa shape index (κ1) is 19.7. The third-order valence-corrected chi connectivity index (χ3v) is 6.04. The lowest BCUT2D eigenvalue weighted by molar-refractivity contribution is 0.102. The van der Waals surface area contributed by atoms with Gasteiger partial charge in [-0.3, -0.25) is 9.59 Å². The fraction of sp³-hybridized carbons (Fsp3) is 0.476. The van der Waals surface area contributed by atoms with E-state index in [0.717, 1.165) is 17.7 Å². The van der Waals surface area contributed by atoms with E-state index >= 15 is 0 Å². The molecule has 144 valence electrons. The summed E-state index contributed by atoms with van der Waals surface area (Å²) in [5, 5.41) is 9.83. The maximum absolute atomic E-state index is 12.5. The Balaban J connectivity index is 1.72. The third-order valence-electron chi connectivity index (χ3n) is 5.17. The minimum absolute atomic E-state index is 0.0592. The van der Waals surface area contributed by atoms with E-state index in [1.807, 2.05) is 6.92 Å². The lowest BCUT2D eigenvalue weighted by atomic mass is 9.85. The molecular formula is C21H26N2O3S. The van der Waals surface area contributed by atoms with Crippen LogP contribution in [0.25, 0.3) is 0 Å². The van der Waals surface area contributed by atoms with Gasteiger partial charge in [-0.05, 0) is 43.0 Å². The molecule has 0 aliphatic heterocycles. The van der Waals surface area contributed by atoms with Crippen LogP contribution in [-0.2, 0) is 12.8 Å². The SMILES string of the molecule is CCc1c(CC2CCCCC2)nc(SCC(=O)c2ccc(O)cc2)[nH]c1=O. The Hall–Kier alpha value is -2.08. The summed E-state index contributed by atoms with van der Waals surface area (Å²) in [5.41, 5.74) is 2.12. The molecule has 0 spiro atoms. The molecule has 0 atom stereocenters. The van der Waals surface area contributed by atoms with Crippen LogP contribution < -0.4 is 5.56 Å². The highest BCUT2D eigenvalue weighted by atomic mass is 32.2. The minimum atomic E-state index is -0.0853. The highest BCUT2D eigenvalue weighted by Crippen LogP contribution is 2.27. The van der Waals surface area contributed by atoms with Crippen molar-refractivity contribution in [3.8, 4) is 5.75 Å². The number of hydrogen-bond acceptors (Lipinski definition) is 5. The predicted molar refractivity (Wildman–Crippen MR) is 108 cm³/mol. The van der Waals surface area contributed by atoms with Gasteiger partial charge in [0.25, 0.3) is 5.56 Å². The van der Waals surface area contributed by atoms with Gasteiger partial charge in [-0.15, -0.1) is 0 Å². The number of phenols is 1. The van der Waals surface area contributed by atoms with E-state index in [2.05, 4.69) is 4.98 Å². The van der Waals surface area contributed by atoms with Crippen molar-refractivity contribution in [2.24, 2.45) is 5.92 Å². The Morgan fingerprint density at radius 2 is 1.93 bits per heavy atom. The lowest BCUT2D eigenvalue weighted by Gasteiger charge is -2.22. The Morgan fingerprint density at radius 1 is 1.22 bits per heavy atom. The molecule has 6 heteroatoms. The lowest BCUT2D eigenvalue weighted by Crippen LogP contribution is -2.21. The zero-order valence-electron chi connectivity index (χ0n) is 15.7. The molecule has 1 aromatic heterocycles. The van der Waals surface area contributed by atoms with Gasteiger partial charge in [0.2, 0.25) is 0 Å². The maximum Gasteiger partial charge on any atom is 0.254 e. The molecule has 5 nitrogen and oxygen atoms in total. The Labute approximate surface area is 163 Å². The number of carbonyl (C=O) groups excluding carboxylic acids is 1. The molecule has 0 bridgehead atoms. The Kier molecular flexibility index (Phi) is 6.72. The molecule has 1 heterocycles. The highest BCUT2D eigenvalue weighted by Gasteiger charge is 2.19. The predicted octanol–water partition coefficient (Wildman–Crippen LogP) is 4.14. The second-order valence-electron chi connectivity index (χ2n) is 7.12. The molecule has 1 fully saturated rings. The molecule has 2 aromatic rings. The number of aromatic amines is 1. The number of carbonyl (C=O) groups is 1.